The molecule has 51 heavy (non-hydrogen) atoms. The van der Waals surface area contributed by atoms with Crippen molar-refractivity contribution >= 4 is 71.3 Å². The summed E-state index contributed by atoms with van der Waals surface area (Å²) in [6.07, 6.45) is 0. The summed E-state index contributed by atoms with van der Waals surface area (Å²) in [5.74, 6) is 0. The lowest BCUT2D eigenvalue weighted by molar-refractivity contribution is 0.669. The van der Waals surface area contributed by atoms with Gasteiger partial charge in [0.25, 0.3) is 0 Å². The van der Waals surface area contributed by atoms with Gasteiger partial charge in [0, 0.05) is 39.3 Å². The van der Waals surface area contributed by atoms with Crippen LogP contribution in [0.2, 0.25) is 0 Å². The van der Waals surface area contributed by atoms with Crippen molar-refractivity contribution in [3.8, 4) is 32.8 Å². The molecule has 10 rings (SSSR count). The molecule has 0 N–H and O–H groups in total. The van der Waals surface area contributed by atoms with Gasteiger partial charge in [-0.3, -0.25) is 0 Å². The highest BCUT2D eigenvalue weighted by Crippen LogP contribution is 2.46. The third-order valence-corrected chi connectivity index (χ3v) is 10.8. The lowest BCUT2D eigenvalue weighted by Gasteiger charge is -2.28. The van der Waals surface area contributed by atoms with Gasteiger partial charge in [0.2, 0.25) is 0 Å². The summed E-state index contributed by atoms with van der Waals surface area (Å²) in [4.78, 5) is 7.36. The van der Waals surface area contributed by atoms with E-state index in [1.807, 2.05) is 6.07 Å². The molecule has 3 nitrogen and oxygen atoms in total. The van der Waals surface area contributed by atoms with E-state index in [0.717, 1.165) is 65.4 Å². The van der Waals surface area contributed by atoms with E-state index in [1.54, 1.807) is 11.3 Å². The molecule has 2 heterocycles. The zero-order valence-electron chi connectivity index (χ0n) is 27.5. The minimum atomic E-state index is 0.846. The zero-order chi connectivity index (χ0) is 33.7. The molecule has 4 heteroatoms. The molecule has 0 radical (unpaired) electrons. The van der Waals surface area contributed by atoms with Crippen LogP contribution < -0.4 is 4.90 Å². The van der Waals surface area contributed by atoms with Gasteiger partial charge in [0.05, 0.1) is 15.9 Å². The van der Waals surface area contributed by atoms with Crippen molar-refractivity contribution in [3.05, 3.63) is 182 Å². The predicted octanol–water partition coefficient (Wildman–Crippen LogP) is 13.8. The first-order valence-corrected chi connectivity index (χ1v) is 17.9. The highest BCUT2D eigenvalue weighted by atomic mass is 32.1. The summed E-state index contributed by atoms with van der Waals surface area (Å²) in [5.41, 5.74) is 11.7. The number of para-hydroxylation sites is 1. The summed E-state index contributed by atoms with van der Waals surface area (Å²) in [7, 11) is 0. The van der Waals surface area contributed by atoms with Gasteiger partial charge in [0.15, 0.2) is 0 Å². The normalized spacial score (nSPS) is 11.5. The molecule has 0 spiro atoms. The number of aromatic nitrogens is 1. The maximum absolute atomic E-state index is 6.64. The molecule has 0 saturated heterocycles. The smallest absolute Gasteiger partial charge is 0.137 e. The number of nitrogens with zero attached hydrogens (tertiary/aromatic N) is 2. The van der Waals surface area contributed by atoms with Crippen molar-refractivity contribution < 1.29 is 4.42 Å². The van der Waals surface area contributed by atoms with Gasteiger partial charge in [-0.1, -0.05) is 133 Å². The molecule has 0 aliphatic rings. The maximum Gasteiger partial charge on any atom is 0.137 e. The first-order valence-electron chi connectivity index (χ1n) is 17.1. The molecule has 0 aliphatic heterocycles. The highest BCUT2D eigenvalue weighted by Gasteiger charge is 2.21. The van der Waals surface area contributed by atoms with E-state index < -0.39 is 0 Å². The Morgan fingerprint density at radius 1 is 0.471 bits per heavy atom. The fourth-order valence-corrected chi connectivity index (χ4v) is 8.42. The van der Waals surface area contributed by atoms with Gasteiger partial charge in [-0.2, -0.15) is 0 Å². The average molecular weight is 671 g/mol. The lowest BCUT2D eigenvalue weighted by atomic mass is 9.96. The minimum Gasteiger partial charge on any atom is -0.456 e. The highest BCUT2D eigenvalue weighted by molar-refractivity contribution is 7.22. The van der Waals surface area contributed by atoms with Crippen LogP contribution in [0, 0.1) is 0 Å². The maximum atomic E-state index is 6.64. The molecule has 240 valence electrons. The SMILES string of the molecule is c1ccc(-c2ccc(N(c3ccc4c(c3)oc3ccc5nc(-c6ccccc6)sc5c34)c3ccccc3-c3cccc4ccccc34)cc2)cc1. The second kappa shape index (κ2) is 12.1. The molecule has 0 fully saturated rings. The third kappa shape index (κ3) is 5.08. The third-order valence-electron chi connectivity index (χ3n) is 9.71. The summed E-state index contributed by atoms with van der Waals surface area (Å²) in [5, 5.41) is 5.66. The summed E-state index contributed by atoms with van der Waals surface area (Å²) < 4.78 is 7.79. The van der Waals surface area contributed by atoms with Crippen LogP contribution in [0.25, 0.3) is 75.8 Å². The molecule has 0 unspecified atom stereocenters. The van der Waals surface area contributed by atoms with E-state index in [-0.39, 0.29) is 0 Å². The fraction of sp³-hybridized carbons (Fsp3) is 0. The summed E-state index contributed by atoms with van der Waals surface area (Å²) >= 11 is 1.72. The van der Waals surface area contributed by atoms with Gasteiger partial charge < -0.3 is 9.32 Å². The molecule has 0 atom stereocenters. The molecule has 10 aromatic rings. The number of hydrogen-bond acceptors (Lipinski definition) is 4. The fourth-order valence-electron chi connectivity index (χ4n) is 7.30. The predicted molar refractivity (Wildman–Crippen MR) is 215 cm³/mol. The molecule has 8 aromatic carbocycles. The Kier molecular flexibility index (Phi) is 7.00. The monoisotopic (exact) mass is 670 g/mol. The standard InChI is InChI=1S/C47H30N2OS/c1-3-12-31(13-4-1)32-22-24-35(25-23-32)49(42-21-10-9-19-39(42)38-20-11-17-33-14-7-8-18-37(33)38)36-26-27-40-44(30-36)50-43-29-28-41-46(45(40)43)51-47(48-41)34-15-5-2-6-16-34/h1-30H. The van der Waals surface area contributed by atoms with Gasteiger partial charge in [-0.15, -0.1) is 11.3 Å². The van der Waals surface area contributed by atoms with Crippen LogP contribution >= 0.6 is 11.3 Å². The molecule has 0 aliphatic carbocycles. The van der Waals surface area contributed by atoms with E-state index in [2.05, 4.69) is 181 Å². The van der Waals surface area contributed by atoms with E-state index in [4.69, 9.17) is 9.40 Å². The van der Waals surface area contributed by atoms with E-state index in [0.29, 0.717) is 0 Å². The number of anilines is 3. The Hall–Kier alpha value is -6.49. The summed E-state index contributed by atoms with van der Waals surface area (Å²) in [6.45, 7) is 0. The van der Waals surface area contributed by atoms with Crippen LogP contribution in [-0.4, -0.2) is 4.98 Å². The minimum absolute atomic E-state index is 0.846. The van der Waals surface area contributed by atoms with Crippen molar-refractivity contribution in [3.63, 3.8) is 0 Å². The first kappa shape index (κ1) is 29.4. The lowest BCUT2D eigenvalue weighted by Crippen LogP contribution is -2.11. The van der Waals surface area contributed by atoms with Crippen LogP contribution in [0.4, 0.5) is 17.1 Å². The van der Waals surface area contributed by atoms with Gasteiger partial charge >= 0.3 is 0 Å². The Morgan fingerprint density at radius 2 is 1.14 bits per heavy atom. The molecule has 0 bridgehead atoms. The topological polar surface area (TPSA) is 29.3 Å². The molecule has 0 amide bonds. The number of furan rings is 1. The quantitative estimate of drug-likeness (QED) is 0.176. The van der Waals surface area contributed by atoms with Crippen LogP contribution in [0.5, 0.6) is 0 Å². The number of benzene rings is 8. The number of thiazole rings is 1. The number of rotatable bonds is 6. The van der Waals surface area contributed by atoms with E-state index in [1.165, 1.54) is 27.5 Å². The van der Waals surface area contributed by atoms with Crippen molar-refractivity contribution in [2.45, 2.75) is 0 Å². The number of fused-ring (bicyclic) bond motifs is 6. The molecular formula is C47H30N2OS. The van der Waals surface area contributed by atoms with Crippen molar-refractivity contribution in [1.29, 1.82) is 0 Å². The zero-order valence-corrected chi connectivity index (χ0v) is 28.3. The van der Waals surface area contributed by atoms with Crippen molar-refractivity contribution in [2.75, 3.05) is 4.90 Å². The van der Waals surface area contributed by atoms with Gasteiger partial charge in [0.1, 0.15) is 16.2 Å². The Bertz CT molecular complexity index is 2850. The van der Waals surface area contributed by atoms with Gasteiger partial charge in [-0.05, 0) is 69.9 Å². The molecular weight excluding hydrogens is 641 g/mol. The van der Waals surface area contributed by atoms with Crippen LogP contribution in [-0.2, 0) is 0 Å². The van der Waals surface area contributed by atoms with Crippen LogP contribution in [0.1, 0.15) is 0 Å². The van der Waals surface area contributed by atoms with E-state index in [9.17, 15) is 0 Å². The van der Waals surface area contributed by atoms with Crippen molar-refractivity contribution in [1.82, 2.24) is 4.98 Å². The van der Waals surface area contributed by atoms with Gasteiger partial charge in [-0.25, -0.2) is 4.98 Å². The molecule has 0 saturated carbocycles. The number of hydrogen-bond donors (Lipinski definition) is 0. The van der Waals surface area contributed by atoms with Crippen LogP contribution in [0.3, 0.4) is 0 Å². The molecule has 2 aromatic heterocycles. The second-order valence-electron chi connectivity index (χ2n) is 12.7. The average Bonchev–Trinajstić information content (AvgIpc) is 3.81. The van der Waals surface area contributed by atoms with Crippen molar-refractivity contribution in [2.24, 2.45) is 0 Å². The van der Waals surface area contributed by atoms with Crippen LogP contribution in [0.15, 0.2) is 186 Å². The second-order valence-corrected chi connectivity index (χ2v) is 13.7. The largest absolute Gasteiger partial charge is 0.456 e. The first-order chi connectivity index (χ1) is 25.3. The van der Waals surface area contributed by atoms with E-state index >= 15 is 0 Å². The Morgan fingerprint density at radius 3 is 1.98 bits per heavy atom. The Labute approximate surface area is 299 Å². The summed E-state index contributed by atoms with van der Waals surface area (Å²) in [6, 6.07) is 64.4. The Balaban J connectivity index is 1.16.